The van der Waals surface area contributed by atoms with Gasteiger partial charge >= 0.3 is 0 Å². The Morgan fingerprint density at radius 3 is 2.25 bits per heavy atom. The van der Waals surface area contributed by atoms with Crippen molar-refractivity contribution in [3.63, 3.8) is 0 Å². The molecule has 120 valence electrons. The smallest absolute Gasteiger partial charge is 0.0806 e. The SMILES string of the molecule is CCCCCOC1(CNC(C)(C)C)CCC(CC)CC1. The van der Waals surface area contributed by atoms with Crippen LogP contribution in [0.3, 0.4) is 0 Å². The van der Waals surface area contributed by atoms with Crippen LogP contribution in [-0.4, -0.2) is 24.3 Å². The van der Waals surface area contributed by atoms with E-state index in [2.05, 4.69) is 39.9 Å². The molecule has 0 aromatic heterocycles. The molecule has 0 amide bonds. The largest absolute Gasteiger partial charge is 0.374 e. The molecule has 0 heterocycles. The van der Waals surface area contributed by atoms with Gasteiger partial charge in [0, 0.05) is 18.7 Å². The highest BCUT2D eigenvalue weighted by atomic mass is 16.5. The average molecular weight is 284 g/mol. The van der Waals surface area contributed by atoms with E-state index in [0.717, 1.165) is 19.1 Å². The molecule has 0 saturated heterocycles. The lowest BCUT2D eigenvalue weighted by atomic mass is 9.77. The molecule has 1 saturated carbocycles. The van der Waals surface area contributed by atoms with Crippen molar-refractivity contribution >= 4 is 0 Å². The van der Waals surface area contributed by atoms with Gasteiger partial charge in [-0.2, -0.15) is 0 Å². The van der Waals surface area contributed by atoms with Gasteiger partial charge in [-0.3, -0.25) is 0 Å². The Kier molecular flexibility index (Phi) is 7.53. The van der Waals surface area contributed by atoms with Gasteiger partial charge in [-0.15, -0.1) is 0 Å². The Labute approximate surface area is 127 Å². The second kappa shape index (κ2) is 8.38. The monoisotopic (exact) mass is 283 g/mol. The van der Waals surface area contributed by atoms with E-state index in [1.807, 2.05) is 0 Å². The second-order valence-corrected chi connectivity index (χ2v) is 7.69. The summed E-state index contributed by atoms with van der Waals surface area (Å²) in [5.74, 6) is 0.928. The van der Waals surface area contributed by atoms with Crippen molar-refractivity contribution in [1.82, 2.24) is 5.32 Å². The van der Waals surface area contributed by atoms with E-state index in [1.54, 1.807) is 0 Å². The molecular weight excluding hydrogens is 246 g/mol. The normalized spacial score (nSPS) is 27.8. The van der Waals surface area contributed by atoms with E-state index in [4.69, 9.17) is 4.74 Å². The average Bonchev–Trinajstić information content (AvgIpc) is 2.42. The summed E-state index contributed by atoms with van der Waals surface area (Å²) in [4.78, 5) is 0. The molecule has 0 unspecified atom stereocenters. The van der Waals surface area contributed by atoms with Gasteiger partial charge in [0.15, 0.2) is 0 Å². The van der Waals surface area contributed by atoms with Crippen molar-refractivity contribution in [2.24, 2.45) is 5.92 Å². The quantitative estimate of drug-likeness (QED) is 0.638. The summed E-state index contributed by atoms with van der Waals surface area (Å²) in [7, 11) is 0. The van der Waals surface area contributed by atoms with Crippen LogP contribution >= 0.6 is 0 Å². The summed E-state index contributed by atoms with van der Waals surface area (Å²) < 4.78 is 6.40. The molecular formula is C18H37NO. The van der Waals surface area contributed by atoms with Crippen LogP contribution in [0.1, 0.15) is 86.0 Å². The first kappa shape index (κ1) is 18.0. The standard InChI is InChI=1S/C18H37NO/c1-6-8-9-14-20-18(15-19-17(3,4)5)12-10-16(7-2)11-13-18/h16,19H,6-15H2,1-5H3. The molecule has 0 aliphatic heterocycles. The van der Waals surface area contributed by atoms with Crippen molar-refractivity contribution in [1.29, 1.82) is 0 Å². The number of nitrogens with one attached hydrogen (secondary N) is 1. The Balaban J connectivity index is 2.50. The molecule has 1 rings (SSSR count). The third-order valence-electron chi connectivity index (χ3n) is 4.69. The van der Waals surface area contributed by atoms with Gasteiger partial charge < -0.3 is 10.1 Å². The highest BCUT2D eigenvalue weighted by Gasteiger charge is 2.36. The van der Waals surface area contributed by atoms with E-state index in [-0.39, 0.29) is 11.1 Å². The number of unbranched alkanes of at least 4 members (excludes halogenated alkanes) is 2. The van der Waals surface area contributed by atoms with Crippen LogP contribution in [0.2, 0.25) is 0 Å². The number of hydrogen-bond acceptors (Lipinski definition) is 2. The van der Waals surface area contributed by atoms with Crippen molar-refractivity contribution in [2.45, 2.75) is 97.1 Å². The summed E-state index contributed by atoms with van der Waals surface area (Å²) in [5, 5.41) is 3.68. The van der Waals surface area contributed by atoms with Crippen molar-refractivity contribution in [3.05, 3.63) is 0 Å². The van der Waals surface area contributed by atoms with Crippen molar-refractivity contribution < 1.29 is 4.74 Å². The number of rotatable bonds is 8. The highest BCUT2D eigenvalue weighted by molar-refractivity contribution is 4.91. The molecule has 0 bridgehead atoms. The summed E-state index contributed by atoms with van der Waals surface area (Å²) in [6.07, 6.45) is 10.3. The van der Waals surface area contributed by atoms with E-state index in [0.29, 0.717) is 0 Å². The summed E-state index contributed by atoms with van der Waals surface area (Å²) in [5.41, 5.74) is 0.286. The first-order chi connectivity index (χ1) is 9.41. The van der Waals surface area contributed by atoms with E-state index in [1.165, 1.54) is 51.4 Å². The maximum Gasteiger partial charge on any atom is 0.0806 e. The minimum Gasteiger partial charge on any atom is -0.374 e. The molecule has 20 heavy (non-hydrogen) atoms. The molecule has 0 spiro atoms. The van der Waals surface area contributed by atoms with Gasteiger partial charge in [0.05, 0.1) is 5.60 Å². The first-order valence-electron chi connectivity index (χ1n) is 8.80. The fraction of sp³-hybridized carbons (Fsp3) is 1.00. The molecule has 0 aromatic rings. The Hall–Kier alpha value is -0.0800. The van der Waals surface area contributed by atoms with Gasteiger partial charge in [0.2, 0.25) is 0 Å². The molecule has 1 aliphatic carbocycles. The van der Waals surface area contributed by atoms with E-state index in [9.17, 15) is 0 Å². The van der Waals surface area contributed by atoms with Crippen molar-refractivity contribution in [2.75, 3.05) is 13.2 Å². The van der Waals surface area contributed by atoms with Crippen LogP contribution in [0.5, 0.6) is 0 Å². The fourth-order valence-corrected chi connectivity index (χ4v) is 3.05. The Bertz CT molecular complexity index is 249. The Morgan fingerprint density at radius 1 is 1.10 bits per heavy atom. The number of ether oxygens (including phenoxy) is 1. The zero-order valence-corrected chi connectivity index (χ0v) is 14.6. The zero-order chi connectivity index (χ0) is 15.1. The van der Waals surface area contributed by atoms with Crippen LogP contribution in [-0.2, 0) is 4.74 Å². The van der Waals surface area contributed by atoms with Crippen LogP contribution in [0.15, 0.2) is 0 Å². The first-order valence-corrected chi connectivity index (χ1v) is 8.80. The lowest BCUT2D eigenvalue weighted by molar-refractivity contribution is -0.0803. The van der Waals surface area contributed by atoms with Gasteiger partial charge in [-0.1, -0.05) is 33.1 Å². The van der Waals surface area contributed by atoms with Gasteiger partial charge in [-0.05, 0) is 58.8 Å². The van der Waals surface area contributed by atoms with Gasteiger partial charge in [0.1, 0.15) is 0 Å². The van der Waals surface area contributed by atoms with Crippen LogP contribution in [0.25, 0.3) is 0 Å². The molecule has 2 heteroatoms. The van der Waals surface area contributed by atoms with E-state index < -0.39 is 0 Å². The molecule has 0 atom stereocenters. The molecule has 1 N–H and O–H groups in total. The van der Waals surface area contributed by atoms with Crippen LogP contribution in [0, 0.1) is 5.92 Å². The lowest BCUT2D eigenvalue weighted by Gasteiger charge is -2.42. The molecule has 0 aromatic carbocycles. The maximum atomic E-state index is 6.40. The number of hydrogen-bond donors (Lipinski definition) is 1. The molecule has 1 fully saturated rings. The third-order valence-corrected chi connectivity index (χ3v) is 4.69. The maximum absolute atomic E-state index is 6.40. The minimum atomic E-state index is 0.104. The van der Waals surface area contributed by atoms with Crippen molar-refractivity contribution in [3.8, 4) is 0 Å². The fourth-order valence-electron chi connectivity index (χ4n) is 3.05. The van der Waals surface area contributed by atoms with E-state index >= 15 is 0 Å². The minimum absolute atomic E-state index is 0.104. The molecule has 1 aliphatic rings. The highest BCUT2D eigenvalue weighted by Crippen LogP contribution is 2.36. The molecule has 0 radical (unpaired) electrons. The molecule has 2 nitrogen and oxygen atoms in total. The zero-order valence-electron chi connectivity index (χ0n) is 14.6. The summed E-state index contributed by atoms with van der Waals surface area (Å²) in [6.45, 7) is 13.3. The Morgan fingerprint density at radius 2 is 1.75 bits per heavy atom. The predicted octanol–water partition coefficient (Wildman–Crippen LogP) is 4.92. The second-order valence-electron chi connectivity index (χ2n) is 7.69. The van der Waals surface area contributed by atoms with Crippen LogP contribution < -0.4 is 5.32 Å². The van der Waals surface area contributed by atoms with Gasteiger partial charge in [0.25, 0.3) is 0 Å². The lowest BCUT2D eigenvalue weighted by Crippen LogP contribution is -2.51. The topological polar surface area (TPSA) is 21.3 Å². The van der Waals surface area contributed by atoms with Gasteiger partial charge in [-0.25, -0.2) is 0 Å². The summed E-state index contributed by atoms with van der Waals surface area (Å²) >= 11 is 0. The third kappa shape index (κ3) is 6.58. The van der Waals surface area contributed by atoms with Crippen LogP contribution in [0.4, 0.5) is 0 Å². The predicted molar refractivity (Wildman–Crippen MR) is 88.2 cm³/mol. The summed E-state index contributed by atoms with van der Waals surface area (Å²) in [6, 6.07) is 0.